The van der Waals surface area contributed by atoms with Gasteiger partial charge in [0.15, 0.2) is 0 Å². The van der Waals surface area contributed by atoms with Crippen LogP contribution in [0.3, 0.4) is 0 Å². The molecule has 0 bridgehead atoms. The molecule has 1 aliphatic rings. The maximum absolute atomic E-state index is 11.1. The van der Waals surface area contributed by atoms with Gasteiger partial charge in [-0.2, -0.15) is 0 Å². The first kappa shape index (κ1) is 21.8. The van der Waals surface area contributed by atoms with E-state index >= 15 is 0 Å². The number of hydrogen-bond donors (Lipinski definition) is 2. The highest BCUT2D eigenvalue weighted by Gasteiger charge is 2.45. The molecular formula is C26H29N3O3. The molecule has 1 amide bonds. The molecule has 4 rings (SSSR count). The predicted molar refractivity (Wildman–Crippen MR) is 124 cm³/mol. The van der Waals surface area contributed by atoms with E-state index in [1.54, 1.807) is 5.48 Å². The van der Waals surface area contributed by atoms with Crippen molar-refractivity contribution in [2.75, 3.05) is 11.5 Å². The second-order valence-corrected chi connectivity index (χ2v) is 8.69. The Hall–Kier alpha value is -3.38. The SMILES string of the molecule is CC1(C)c2ccccc2N(Cc2ccc(OCCCC(=O)NO)cc2)C1c1cccnc1. The van der Waals surface area contributed by atoms with Crippen LogP contribution in [0.5, 0.6) is 5.75 Å². The van der Waals surface area contributed by atoms with E-state index < -0.39 is 5.91 Å². The highest BCUT2D eigenvalue weighted by molar-refractivity contribution is 5.74. The van der Waals surface area contributed by atoms with Crippen molar-refractivity contribution in [3.63, 3.8) is 0 Å². The van der Waals surface area contributed by atoms with E-state index in [4.69, 9.17) is 9.94 Å². The number of benzene rings is 2. The van der Waals surface area contributed by atoms with Crippen molar-refractivity contribution in [2.45, 2.75) is 44.7 Å². The predicted octanol–water partition coefficient (Wildman–Crippen LogP) is 4.79. The highest BCUT2D eigenvalue weighted by Crippen LogP contribution is 2.52. The summed E-state index contributed by atoms with van der Waals surface area (Å²) in [7, 11) is 0. The lowest BCUT2D eigenvalue weighted by molar-refractivity contribution is -0.129. The third kappa shape index (κ3) is 4.46. The third-order valence-electron chi connectivity index (χ3n) is 6.12. The van der Waals surface area contributed by atoms with Gasteiger partial charge in [-0.25, -0.2) is 5.48 Å². The fraction of sp³-hybridized carbons (Fsp3) is 0.308. The first-order valence-corrected chi connectivity index (χ1v) is 10.9. The van der Waals surface area contributed by atoms with Crippen LogP contribution in [0.4, 0.5) is 5.69 Å². The average molecular weight is 432 g/mol. The van der Waals surface area contributed by atoms with E-state index in [2.05, 4.69) is 66.2 Å². The number of carbonyl (C=O) groups excluding carboxylic acids is 1. The fourth-order valence-corrected chi connectivity index (χ4v) is 4.62. The van der Waals surface area contributed by atoms with E-state index in [-0.39, 0.29) is 17.9 Å². The lowest BCUT2D eigenvalue weighted by Gasteiger charge is -2.35. The maximum Gasteiger partial charge on any atom is 0.243 e. The van der Waals surface area contributed by atoms with Gasteiger partial charge in [-0.15, -0.1) is 0 Å². The normalized spacial score (nSPS) is 16.5. The Balaban J connectivity index is 1.51. The van der Waals surface area contributed by atoms with Crippen molar-refractivity contribution in [3.05, 3.63) is 89.7 Å². The summed E-state index contributed by atoms with van der Waals surface area (Å²) in [6.45, 7) is 5.80. The maximum atomic E-state index is 11.1. The van der Waals surface area contributed by atoms with Crippen molar-refractivity contribution in [1.82, 2.24) is 10.5 Å². The number of carbonyl (C=O) groups is 1. The number of anilines is 1. The second-order valence-electron chi connectivity index (χ2n) is 8.69. The smallest absolute Gasteiger partial charge is 0.243 e. The van der Waals surface area contributed by atoms with Gasteiger partial charge in [-0.05, 0) is 47.4 Å². The number of nitrogens with one attached hydrogen (secondary N) is 1. The topological polar surface area (TPSA) is 74.7 Å². The molecule has 2 N–H and O–H groups in total. The summed E-state index contributed by atoms with van der Waals surface area (Å²) in [5, 5.41) is 8.54. The van der Waals surface area contributed by atoms with Crippen molar-refractivity contribution < 1.29 is 14.7 Å². The van der Waals surface area contributed by atoms with Gasteiger partial charge in [-0.3, -0.25) is 15.0 Å². The largest absolute Gasteiger partial charge is 0.494 e. The van der Waals surface area contributed by atoms with E-state index in [0.717, 1.165) is 12.3 Å². The summed E-state index contributed by atoms with van der Waals surface area (Å²) in [4.78, 5) is 17.9. The number of hydroxylamine groups is 1. The van der Waals surface area contributed by atoms with Crippen molar-refractivity contribution in [1.29, 1.82) is 0 Å². The second kappa shape index (κ2) is 9.40. The number of rotatable bonds is 8. The summed E-state index contributed by atoms with van der Waals surface area (Å²) < 4.78 is 5.72. The third-order valence-corrected chi connectivity index (χ3v) is 6.12. The minimum Gasteiger partial charge on any atom is -0.494 e. The number of fused-ring (bicyclic) bond motifs is 1. The number of nitrogens with zero attached hydrogens (tertiary/aromatic N) is 2. The lowest BCUT2D eigenvalue weighted by Crippen LogP contribution is -2.33. The van der Waals surface area contributed by atoms with Gasteiger partial charge in [0, 0.05) is 36.5 Å². The molecule has 0 aliphatic carbocycles. The Morgan fingerprint density at radius 2 is 1.91 bits per heavy atom. The van der Waals surface area contributed by atoms with E-state index in [9.17, 15) is 4.79 Å². The van der Waals surface area contributed by atoms with Gasteiger partial charge in [0.25, 0.3) is 0 Å². The minimum absolute atomic E-state index is 0.0520. The van der Waals surface area contributed by atoms with Crippen LogP contribution in [0, 0.1) is 0 Å². The minimum atomic E-state index is -0.402. The Morgan fingerprint density at radius 3 is 2.62 bits per heavy atom. The number of para-hydroxylation sites is 1. The average Bonchev–Trinajstić information content (AvgIpc) is 3.04. The molecule has 1 unspecified atom stereocenters. The van der Waals surface area contributed by atoms with Crippen LogP contribution in [0.15, 0.2) is 73.1 Å². The van der Waals surface area contributed by atoms with Crippen LogP contribution in [0.1, 0.15) is 49.4 Å². The number of amides is 1. The first-order valence-electron chi connectivity index (χ1n) is 10.9. The van der Waals surface area contributed by atoms with Gasteiger partial charge in [0.1, 0.15) is 5.75 Å². The molecule has 2 heterocycles. The van der Waals surface area contributed by atoms with E-state index in [1.165, 1.54) is 22.4 Å². The molecule has 0 radical (unpaired) electrons. The van der Waals surface area contributed by atoms with Crippen LogP contribution < -0.4 is 15.1 Å². The van der Waals surface area contributed by atoms with E-state index in [0.29, 0.717) is 13.0 Å². The summed E-state index contributed by atoms with van der Waals surface area (Å²) in [6, 6.07) is 21.1. The molecule has 2 aromatic carbocycles. The summed E-state index contributed by atoms with van der Waals surface area (Å²) in [6.07, 6.45) is 4.56. The van der Waals surface area contributed by atoms with Crippen molar-refractivity contribution in [3.8, 4) is 5.75 Å². The highest BCUT2D eigenvalue weighted by atomic mass is 16.5. The summed E-state index contributed by atoms with van der Waals surface area (Å²) >= 11 is 0. The monoisotopic (exact) mass is 431 g/mol. The number of ether oxygens (including phenoxy) is 1. The van der Waals surface area contributed by atoms with Crippen LogP contribution in [-0.4, -0.2) is 22.7 Å². The molecular weight excluding hydrogens is 402 g/mol. The van der Waals surface area contributed by atoms with Gasteiger partial charge < -0.3 is 9.64 Å². The molecule has 6 heteroatoms. The van der Waals surface area contributed by atoms with Crippen LogP contribution in [-0.2, 0) is 16.8 Å². The standard InChI is InChI=1S/C26H29N3O3/c1-26(2)22-8-3-4-9-23(22)29(25(26)20-7-5-15-27-17-20)18-19-11-13-21(14-12-19)32-16-6-10-24(30)28-31/h3-5,7-9,11-15,17,25,31H,6,10,16,18H2,1-2H3,(H,28,30). The van der Waals surface area contributed by atoms with Gasteiger partial charge >= 0.3 is 0 Å². The summed E-state index contributed by atoms with van der Waals surface area (Å²) in [5.74, 6) is 0.366. The Bertz CT molecular complexity index is 1050. The molecule has 32 heavy (non-hydrogen) atoms. The number of aromatic nitrogens is 1. The first-order chi connectivity index (χ1) is 15.5. The van der Waals surface area contributed by atoms with Crippen LogP contribution in [0.2, 0.25) is 0 Å². The molecule has 1 aliphatic heterocycles. The van der Waals surface area contributed by atoms with E-state index in [1.807, 2.05) is 30.6 Å². The lowest BCUT2D eigenvalue weighted by atomic mass is 9.78. The molecule has 1 aromatic heterocycles. The number of hydrogen-bond acceptors (Lipinski definition) is 5. The number of pyridine rings is 1. The zero-order valence-corrected chi connectivity index (χ0v) is 18.5. The van der Waals surface area contributed by atoms with Crippen molar-refractivity contribution >= 4 is 11.6 Å². The summed E-state index contributed by atoms with van der Waals surface area (Å²) in [5.41, 5.74) is 6.59. The fourth-order valence-electron chi connectivity index (χ4n) is 4.62. The molecule has 0 spiro atoms. The zero-order valence-electron chi connectivity index (χ0n) is 18.5. The van der Waals surface area contributed by atoms with Crippen LogP contribution >= 0.6 is 0 Å². The molecule has 0 saturated heterocycles. The molecule has 0 saturated carbocycles. The quantitative estimate of drug-likeness (QED) is 0.305. The van der Waals surface area contributed by atoms with Gasteiger partial charge in [-0.1, -0.05) is 50.2 Å². The van der Waals surface area contributed by atoms with Gasteiger partial charge in [0.05, 0.1) is 12.6 Å². The van der Waals surface area contributed by atoms with Gasteiger partial charge in [0.2, 0.25) is 5.91 Å². The zero-order chi connectivity index (χ0) is 22.6. The molecule has 1 atom stereocenters. The van der Waals surface area contributed by atoms with Crippen LogP contribution in [0.25, 0.3) is 0 Å². The molecule has 6 nitrogen and oxygen atoms in total. The molecule has 3 aromatic rings. The Labute approximate surface area is 188 Å². The molecule has 0 fully saturated rings. The van der Waals surface area contributed by atoms with Crippen molar-refractivity contribution in [2.24, 2.45) is 0 Å². The Kier molecular flexibility index (Phi) is 6.42. The molecule has 166 valence electrons. The Morgan fingerprint density at radius 1 is 1.12 bits per heavy atom.